The number of anilines is 1. The van der Waals surface area contributed by atoms with Crippen LogP contribution in [0.2, 0.25) is 10.0 Å². The average Bonchev–Trinajstić information content (AvgIpc) is 2.85. The molecule has 1 amide bonds. The number of alkyl halides is 3. The summed E-state index contributed by atoms with van der Waals surface area (Å²) in [6.45, 7) is 2.16. The zero-order chi connectivity index (χ0) is 26.1. The molecule has 0 spiro atoms. The van der Waals surface area contributed by atoms with E-state index < -0.39 is 21.8 Å². The highest BCUT2D eigenvalue weighted by Gasteiger charge is 2.35. The molecule has 0 N–H and O–H groups in total. The predicted molar refractivity (Wildman–Crippen MR) is 134 cm³/mol. The molecule has 0 saturated carbocycles. The van der Waals surface area contributed by atoms with Crippen molar-refractivity contribution in [2.75, 3.05) is 44.2 Å². The fourth-order valence-electron chi connectivity index (χ4n) is 4.63. The summed E-state index contributed by atoms with van der Waals surface area (Å²) in [5.74, 6) is -0.550. The molecule has 2 aromatic carbocycles. The van der Waals surface area contributed by atoms with E-state index in [0.29, 0.717) is 60.3 Å². The SMILES string of the molecule is O=C(C1CCN(S(=O)(=O)Cc2ccc(Cl)cc2Cl)CC1)N1CCN(c2cccc(C(F)(F)F)c2)CC1. The van der Waals surface area contributed by atoms with Crippen LogP contribution in [0.15, 0.2) is 42.5 Å². The molecule has 0 radical (unpaired) electrons. The number of amides is 1. The number of hydrogen-bond acceptors (Lipinski definition) is 4. The number of halogens is 5. The molecule has 0 aliphatic carbocycles. The van der Waals surface area contributed by atoms with Crippen molar-refractivity contribution >= 4 is 44.8 Å². The van der Waals surface area contributed by atoms with Gasteiger partial charge in [0.25, 0.3) is 0 Å². The van der Waals surface area contributed by atoms with Crippen molar-refractivity contribution in [3.05, 3.63) is 63.6 Å². The fraction of sp³-hybridized carbons (Fsp3) is 0.458. The molecule has 4 rings (SSSR count). The molecule has 12 heteroatoms. The summed E-state index contributed by atoms with van der Waals surface area (Å²) in [6.07, 6.45) is -3.57. The second kappa shape index (κ2) is 10.8. The smallest absolute Gasteiger partial charge is 0.368 e. The number of piperazine rings is 1. The zero-order valence-corrected chi connectivity index (χ0v) is 21.7. The van der Waals surface area contributed by atoms with Crippen molar-refractivity contribution in [1.82, 2.24) is 9.21 Å². The van der Waals surface area contributed by atoms with Gasteiger partial charge in [0.15, 0.2) is 0 Å². The molecule has 2 aliphatic heterocycles. The van der Waals surface area contributed by atoms with Crippen molar-refractivity contribution in [3.63, 3.8) is 0 Å². The molecular weight excluding hydrogens is 538 g/mol. The largest absolute Gasteiger partial charge is 0.416 e. The first-order chi connectivity index (χ1) is 16.9. The maximum absolute atomic E-state index is 13.1. The van der Waals surface area contributed by atoms with Crippen LogP contribution in [-0.2, 0) is 26.7 Å². The minimum Gasteiger partial charge on any atom is -0.368 e. The van der Waals surface area contributed by atoms with Crippen molar-refractivity contribution in [3.8, 4) is 0 Å². The monoisotopic (exact) mass is 563 g/mol. The van der Waals surface area contributed by atoms with Crippen LogP contribution in [0, 0.1) is 5.92 Å². The molecule has 2 aromatic rings. The Morgan fingerprint density at radius 3 is 2.22 bits per heavy atom. The minimum atomic E-state index is -4.41. The van der Waals surface area contributed by atoms with Crippen LogP contribution in [0.5, 0.6) is 0 Å². The molecule has 6 nitrogen and oxygen atoms in total. The Morgan fingerprint density at radius 2 is 1.61 bits per heavy atom. The van der Waals surface area contributed by atoms with Gasteiger partial charge in [0.2, 0.25) is 15.9 Å². The lowest BCUT2D eigenvalue weighted by Gasteiger charge is -2.39. The predicted octanol–water partition coefficient (Wildman–Crippen LogP) is 4.90. The van der Waals surface area contributed by atoms with Crippen LogP contribution in [0.1, 0.15) is 24.0 Å². The quantitative estimate of drug-likeness (QED) is 0.519. The van der Waals surface area contributed by atoms with E-state index in [1.54, 1.807) is 23.1 Å². The summed E-state index contributed by atoms with van der Waals surface area (Å²) in [5, 5.41) is 0.719. The van der Waals surface area contributed by atoms with Crippen molar-refractivity contribution in [1.29, 1.82) is 0 Å². The molecule has 2 saturated heterocycles. The van der Waals surface area contributed by atoms with Crippen LogP contribution in [0.3, 0.4) is 0 Å². The van der Waals surface area contributed by atoms with Gasteiger partial charge in [-0.1, -0.05) is 35.3 Å². The molecule has 0 aromatic heterocycles. The summed E-state index contributed by atoms with van der Waals surface area (Å²) < 4.78 is 66.3. The number of carbonyl (C=O) groups excluding carboxylic acids is 1. The lowest BCUT2D eigenvalue weighted by molar-refractivity contribution is -0.137. The maximum atomic E-state index is 13.1. The van der Waals surface area contributed by atoms with E-state index in [9.17, 15) is 26.4 Å². The molecule has 2 fully saturated rings. The van der Waals surface area contributed by atoms with Crippen LogP contribution >= 0.6 is 23.2 Å². The van der Waals surface area contributed by atoms with Crippen LogP contribution in [-0.4, -0.2) is 62.8 Å². The highest BCUT2D eigenvalue weighted by Crippen LogP contribution is 2.32. The van der Waals surface area contributed by atoms with E-state index >= 15 is 0 Å². The molecule has 2 heterocycles. The van der Waals surface area contributed by atoms with E-state index in [1.807, 2.05) is 4.90 Å². The lowest BCUT2D eigenvalue weighted by atomic mass is 9.96. The number of sulfonamides is 1. The molecular formula is C24H26Cl2F3N3O3S. The highest BCUT2D eigenvalue weighted by atomic mass is 35.5. The Morgan fingerprint density at radius 1 is 0.944 bits per heavy atom. The number of piperidine rings is 1. The molecule has 2 aliphatic rings. The number of rotatable bonds is 5. The van der Waals surface area contributed by atoms with Gasteiger partial charge < -0.3 is 9.80 Å². The second-order valence-corrected chi connectivity index (χ2v) is 11.8. The number of benzene rings is 2. The third-order valence-corrected chi connectivity index (χ3v) is 9.09. The topological polar surface area (TPSA) is 60.9 Å². The van der Waals surface area contributed by atoms with Gasteiger partial charge in [0, 0.05) is 60.9 Å². The first-order valence-electron chi connectivity index (χ1n) is 11.6. The Bertz CT molecular complexity index is 1210. The zero-order valence-electron chi connectivity index (χ0n) is 19.3. The summed E-state index contributed by atoms with van der Waals surface area (Å²) in [6, 6.07) is 9.89. The van der Waals surface area contributed by atoms with Crippen LogP contribution < -0.4 is 4.90 Å². The first-order valence-corrected chi connectivity index (χ1v) is 13.9. The van der Waals surface area contributed by atoms with Crippen molar-refractivity contribution in [2.24, 2.45) is 5.92 Å². The normalized spacial score (nSPS) is 18.5. The van der Waals surface area contributed by atoms with E-state index in [0.717, 1.165) is 12.1 Å². The Hall–Kier alpha value is -2.01. The molecule has 36 heavy (non-hydrogen) atoms. The van der Waals surface area contributed by atoms with Crippen LogP contribution in [0.25, 0.3) is 0 Å². The van der Waals surface area contributed by atoms with E-state index in [4.69, 9.17) is 23.2 Å². The van der Waals surface area contributed by atoms with Gasteiger partial charge in [0.1, 0.15) is 0 Å². The molecule has 196 valence electrons. The van der Waals surface area contributed by atoms with Gasteiger partial charge in [-0.25, -0.2) is 12.7 Å². The van der Waals surface area contributed by atoms with E-state index in [1.165, 1.54) is 16.4 Å². The summed E-state index contributed by atoms with van der Waals surface area (Å²) in [7, 11) is -3.60. The number of hydrogen-bond donors (Lipinski definition) is 0. The van der Waals surface area contributed by atoms with Crippen molar-refractivity contribution in [2.45, 2.75) is 24.8 Å². The van der Waals surface area contributed by atoms with Gasteiger partial charge in [-0.2, -0.15) is 13.2 Å². The third-order valence-electron chi connectivity index (χ3n) is 6.68. The Labute approximate surface area is 218 Å². The van der Waals surface area contributed by atoms with Crippen LogP contribution in [0.4, 0.5) is 18.9 Å². The van der Waals surface area contributed by atoms with Gasteiger partial charge >= 0.3 is 6.18 Å². The van der Waals surface area contributed by atoms with Gasteiger partial charge in [-0.05, 0) is 48.7 Å². The Balaban J connectivity index is 1.29. The lowest BCUT2D eigenvalue weighted by Crippen LogP contribution is -2.52. The van der Waals surface area contributed by atoms with E-state index in [-0.39, 0.29) is 30.7 Å². The summed E-state index contributed by atoms with van der Waals surface area (Å²) in [4.78, 5) is 16.6. The van der Waals surface area contributed by atoms with Crippen molar-refractivity contribution < 1.29 is 26.4 Å². The summed E-state index contributed by atoms with van der Waals surface area (Å²) >= 11 is 12.0. The standard InChI is InChI=1S/C24H26Cl2F3N3O3S/c25-20-5-4-18(22(26)15-20)16-36(34,35)32-8-6-17(7-9-32)23(33)31-12-10-30(11-13-31)21-3-1-2-19(14-21)24(27,28)29/h1-5,14-15,17H,6-13,16H2. The van der Waals surface area contributed by atoms with E-state index in [2.05, 4.69) is 0 Å². The van der Waals surface area contributed by atoms with Gasteiger partial charge in [-0.3, -0.25) is 4.79 Å². The number of nitrogens with zero attached hydrogens (tertiary/aromatic N) is 3. The van der Waals surface area contributed by atoms with Gasteiger partial charge in [0.05, 0.1) is 11.3 Å². The maximum Gasteiger partial charge on any atom is 0.416 e. The highest BCUT2D eigenvalue weighted by molar-refractivity contribution is 7.88. The first kappa shape index (κ1) is 27.0. The Kier molecular flexibility index (Phi) is 8.09. The molecule has 0 bridgehead atoms. The molecule has 0 unspecified atom stereocenters. The summed E-state index contributed by atoms with van der Waals surface area (Å²) in [5.41, 5.74) is 0.257. The molecule has 0 atom stereocenters. The second-order valence-electron chi connectivity index (χ2n) is 9.03. The third kappa shape index (κ3) is 6.27. The van der Waals surface area contributed by atoms with Gasteiger partial charge in [-0.15, -0.1) is 0 Å². The average molecular weight is 564 g/mol. The fourth-order valence-corrected chi connectivity index (χ4v) is 6.78. The minimum absolute atomic E-state index is 0.0310. The number of carbonyl (C=O) groups is 1.